The van der Waals surface area contributed by atoms with Crippen molar-refractivity contribution in [2.45, 2.75) is 6.92 Å². The third kappa shape index (κ3) is 3.95. The van der Waals surface area contributed by atoms with Crippen LogP contribution in [-0.4, -0.2) is 13.3 Å². The van der Waals surface area contributed by atoms with E-state index in [1.807, 2.05) is 42.5 Å². The Morgan fingerprint density at radius 1 is 1.00 bits per heavy atom. The Morgan fingerprint density at radius 3 is 1.91 bits per heavy atom. The van der Waals surface area contributed by atoms with Gasteiger partial charge in [0.2, 0.25) is 0 Å². The molecule has 0 aliphatic rings. The van der Waals surface area contributed by atoms with Crippen molar-refractivity contribution in [3.63, 3.8) is 0 Å². The predicted octanol–water partition coefficient (Wildman–Crippen LogP) is 4.94. The van der Waals surface area contributed by atoms with Gasteiger partial charge in [-0.25, -0.2) is 0 Å². The first-order valence-electron chi connectivity index (χ1n) is 7.23. The summed E-state index contributed by atoms with van der Waals surface area (Å²) >= 11 is 0. The quantitative estimate of drug-likeness (QED) is 0.419. The van der Waals surface area contributed by atoms with E-state index in [-0.39, 0.29) is 0 Å². The third-order valence-corrected chi connectivity index (χ3v) is 3.50. The van der Waals surface area contributed by atoms with E-state index in [9.17, 15) is 0 Å². The normalized spacial score (nSPS) is 13.4. The zero-order chi connectivity index (χ0) is 15.8. The smallest absolute Gasteiger partial charge is 0.106 e. The Bertz CT molecular complexity index is 617. The topological polar surface area (TPSA) is 21.6 Å². The second-order valence-corrected chi connectivity index (χ2v) is 5.28. The first-order chi connectivity index (χ1) is 10.7. The molecule has 0 aliphatic carbocycles. The van der Waals surface area contributed by atoms with Crippen molar-refractivity contribution in [2.24, 2.45) is 10.6 Å². The van der Waals surface area contributed by atoms with Crippen LogP contribution >= 0.6 is 0 Å². The van der Waals surface area contributed by atoms with Crippen molar-refractivity contribution in [3.05, 3.63) is 90.5 Å². The highest BCUT2D eigenvalue weighted by atomic mass is 16.6. The first kappa shape index (κ1) is 15.8. The number of oxime groups is 1. The monoisotopic (exact) mass is 291 g/mol. The molecule has 2 rings (SSSR count). The highest BCUT2D eigenvalue weighted by Gasteiger charge is 2.17. The van der Waals surface area contributed by atoms with Crippen LogP contribution in [0.3, 0.4) is 0 Å². The molecule has 0 saturated heterocycles. The lowest BCUT2D eigenvalue weighted by Crippen LogP contribution is -2.12. The molecule has 0 N–H and O–H groups in total. The summed E-state index contributed by atoms with van der Waals surface area (Å²) in [5.74, 6) is 0. The maximum Gasteiger partial charge on any atom is 0.106 e. The number of nitrogens with zero attached hydrogens (tertiary/aromatic N) is 1. The molecular formula is C20H21NO. The molecule has 2 aromatic carbocycles. The molecule has 0 saturated carbocycles. The summed E-state index contributed by atoms with van der Waals surface area (Å²) < 4.78 is 0. The van der Waals surface area contributed by atoms with Crippen LogP contribution in [0, 0.1) is 5.41 Å². The lowest BCUT2D eigenvalue weighted by molar-refractivity contribution is 0.213. The summed E-state index contributed by atoms with van der Waals surface area (Å²) in [5.41, 5.74) is 3.07. The molecule has 0 amide bonds. The predicted molar refractivity (Wildman–Crippen MR) is 93.8 cm³/mol. The number of benzene rings is 2. The van der Waals surface area contributed by atoms with Gasteiger partial charge < -0.3 is 4.84 Å². The molecule has 0 bridgehead atoms. The van der Waals surface area contributed by atoms with Crippen molar-refractivity contribution < 1.29 is 4.84 Å². The van der Waals surface area contributed by atoms with Crippen molar-refractivity contribution >= 4 is 11.8 Å². The number of hydrogen-bond acceptors (Lipinski definition) is 2. The molecule has 2 nitrogen and oxygen atoms in total. The first-order valence-corrected chi connectivity index (χ1v) is 7.23. The lowest BCUT2D eigenvalue weighted by Gasteiger charge is -2.19. The zero-order valence-electron chi connectivity index (χ0n) is 13.1. The second-order valence-electron chi connectivity index (χ2n) is 5.28. The van der Waals surface area contributed by atoms with Gasteiger partial charge in [-0.15, -0.1) is 6.58 Å². The number of rotatable bonds is 6. The second kappa shape index (κ2) is 7.41. The summed E-state index contributed by atoms with van der Waals surface area (Å²) in [6.45, 7) is 5.98. The molecule has 2 aromatic rings. The molecule has 22 heavy (non-hydrogen) atoms. The Balaban J connectivity index is 2.56. The minimum absolute atomic E-state index is 0.392. The Morgan fingerprint density at radius 2 is 1.50 bits per heavy atom. The molecule has 2 heteroatoms. The molecule has 0 radical (unpaired) electrons. The van der Waals surface area contributed by atoms with Gasteiger partial charge in [-0.1, -0.05) is 78.0 Å². The van der Waals surface area contributed by atoms with Gasteiger partial charge in [0.05, 0.1) is 6.21 Å². The van der Waals surface area contributed by atoms with Crippen molar-refractivity contribution in [1.29, 1.82) is 0 Å². The average Bonchev–Trinajstić information content (AvgIpc) is 2.59. The van der Waals surface area contributed by atoms with E-state index in [1.165, 1.54) is 0 Å². The summed E-state index contributed by atoms with van der Waals surface area (Å²) in [6, 6.07) is 20.6. The number of hydrogen-bond donors (Lipinski definition) is 0. The van der Waals surface area contributed by atoms with Gasteiger partial charge in [0.1, 0.15) is 7.11 Å². The van der Waals surface area contributed by atoms with Crippen LogP contribution in [0.15, 0.2) is 84.6 Å². The van der Waals surface area contributed by atoms with E-state index in [4.69, 9.17) is 4.84 Å². The van der Waals surface area contributed by atoms with Gasteiger partial charge in [0.15, 0.2) is 0 Å². The third-order valence-electron chi connectivity index (χ3n) is 3.50. The summed E-state index contributed by atoms with van der Waals surface area (Å²) in [4.78, 5) is 4.82. The van der Waals surface area contributed by atoms with Crippen LogP contribution < -0.4 is 0 Å². The maximum atomic E-state index is 4.82. The summed E-state index contributed by atoms with van der Waals surface area (Å²) in [5, 5.41) is 3.91. The largest absolute Gasteiger partial charge is 0.399 e. The molecule has 0 heterocycles. The zero-order valence-corrected chi connectivity index (χ0v) is 13.1. The van der Waals surface area contributed by atoms with E-state index in [1.54, 1.807) is 13.3 Å². The maximum absolute atomic E-state index is 4.82. The fraction of sp³-hybridized carbons (Fsp3) is 0.150. The van der Waals surface area contributed by atoms with E-state index in [0.717, 1.165) is 16.7 Å². The van der Waals surface area contributed by atoms with E-state index >= 15 is 0 Å². The standard InChI is InChI=1S/C20H21NO/c1-4-20(2,16-21-22-3)15-19(17-11-7-5-8-12-17)18-13-9-6-10-14-18/h4-16H,1H2,2-3H3/b21-16+. The Hall–Kier alpha value is -2.61. The van der Waals surface area contributed by atoms with Crippen LogP contribution in [0.4, 0.5) is 0 Å². The van der Waals surface area contributed by atoms with Gasteiger partial charge in [0, 0.05) is 5.41 Å². The van der Waals surface area contributed by atoms with Crippen LogP contribution in [-0.2, 0) is 4.84 Å². The van der Waals surface area contributed by atoms with Crippen molar-refractivity contribution in [3.8, 4) is 0 Å². The summed E-state index contributed by atoms with van der Waals surface area (Å²) in [6.07, 6.45) is 5.78. The highest BCUT2D eigenvalue weighted by Crippen LogP contribution is 2.29. The van der Waals surface area contributed by atoms with Gasteiger partial charge in [-0.05, 0) is 23.6 Å². The molecular weight excluding hydrogens is 270 g/mol. The van der Waals surface area contributed by atoms with E-state index in [0.29, 0.717) is 0 Å². The van der Waals surface area contributed by atoms with Gasteiger partial charge in [0.25, 0.3) is 0 Å². The van der Waals surface area contributed by atoms with Crippen LogP contribution in [0.5, 0.6) is 0 Å². The molecule has 1 atom stereocenters. The molecule has 0 fully saturated rings. The average molecular weight is 291 g/mol. The minimum atomic E-state index is -0.392. The van der Waals surface area contributed by atoms with Gasteiger partial charge >= 0.3 is 0 Å². The van der Waals surface area contributed by atoms with Crippen molar-refractivity contribution in [1.82, 2.24) is 0 Å². The number of allylic oxidation sites excluding steroid dienone is 2. The molecule has 0 spiro atoms. The van der Waals surface area contributed by atoms with Gasteiger partial charge in [-0.2, -0.15) is 0 Å². The summed E-state index contributed by atoms with van der Waals surface area (Å²) in [7, 11) is 1.54. The highest BCUT2D eigenvalue weighted by molar-refractivity contribution is 5.84. The molecule has 112 valence electrons. The Labute approximate surface area is 132 Å². The fourth-order valence-corrected chi connectivity index (χ4v) is 2.19. The van der Waals surface area contributed by atoms with E-state index in [2.05, 4.69) is 49.0 Å². The van der Waals surface area contributed by atoms with Crippen LogP contribution in [0.25, 0.3) is 5.57 Å². The molecule has 0 aliphatic heterocycles. The molecule has 0 aromatic heterocycles. The van der Waals surface area contributed by atoms with Crippen molar-refractivity contribution in [2.75, 3.05) is 7.11 Å². The molecule has 1 unspecified atom stereocenters. The van der Waals surface area contributed by atoms with Crippen LogP contribution in [0.2, 0.25) is 0 Å². The van der Waals surface area contributed by atoms with Crippen LogP contribution in [0.1, 0.15) is 18.1 Å². The fourth-order valence-electron chi connectivity index (χ4n) is 2.19. The van der Waals surface area contributed by atoms with Gasteiger partial charge in [-0.3, -0.25) is 0 Å². The lowest BCUT2D eigenvalue weighted by atomic mass is 9.85. The Kier molecular flexibility index (Phi) is 5.31. The minimum Gasteiger partial charge on any atom is -0.399 e. The SMILES string of the molecule is C=CC(C)(C=C(c1ccccc1)c1ccccc1)/C=N/OC. The van der Waals surface area contributed by atoms with E-state index < -0.39 is 5.41 Å².